The van der Waals surface area contributed by atoms with Crippen LogP contribution in [0.25, 0.3) is 0 Å². The van der Waals surface area contributed by atoms with Crippen LogP contribution in [0.5, 0.6) is 0 Å². The molecule has 4 nitrogen and oxygen atoms in total. The first kappa shape index (κ1) is 16.8. The lowest BCUT2D eigenvalue weighted by Crippen LogP contribution is -2.69. The number of alkyl halides is 3. The third-order valence-corrected chi connectivity index (χ3v) is 3.89. The fourth-order valence-electron chi connectivity index (χ4n) is 2.35. The topological polar surface area (TPSA) is 49.4 Å². The molecule has 2 atom stereocenters. The van der Waals surface area contributed by atoms with E-state index in [9.17, 15) is 22.8 Å². The van der Waals surface area contributed by atoms with Gasteiger partial charge < -0.3 is 10.2 Å². The predicted molar refractivity (Wildman–Crippen MR) is 67.9 cm³/mol. The number of nitrogens with zero attached hydrogens (tertiary/aromatic N) is 1. The SMILES string of the molecule is CCC1NC(=O)C(C)(CC)N(CCCC(F)(F)F)C1=O. The lowest BCUT2D eigenvalue weighted by atomic mass is 9.89. The Bertz CT molecular complexity index is 384. The Morgan fingerprint density at radius 3 is 2.35 bits per heavy atom. The van der Waals surface area contributed by atoms with Crippen molar-refractivity contribution in [2.24, 2.45) is 0 Å². The molecule has 2 unspecified atom stereocenters. The summed E-state index contributed by atoms with van der Waals surface area (Å²) in [6, 6.07) is -0.631. The van der Waals surface area contributed by atoms with Crippen LogP contribution in [-0.2, 0) is 9.59 Å². The van der Waals surface area contributed by atoms with Gasteiger partial charge in [0.25, 0.3) is 0 Å². The summed E-state index contributed by atoms with van der Waals surface area (Å²) in [6.07, 6.45) is -4.58. The minimum atomic E-state index is -4.24. The molecule has 1 saturated heterocycles. The van der Waals surface area contributed by atoms with Crippen LogP contribution >= 0.6 is 0 Å². The van der Waals surface area contributed by atoms with Crippen LogP contribution in [0.3, 0.4) is 0 Å². The maximum Gasteiger partial charge on any atom is 0.389 e. The van der Waals surface area contributed by atoms with E-state index < -0.39 is 24.2 Å². The molecule has 0 saturated carbocycles. The van der Waals surface area contributed by atoms with Gasteiger partial charge >= 0.3 is 6.18 Å². The summed E-state index contributed by atoms with van der Waals surface area (Å²) < 4.78 is 36.7. The maximum atomic E-state index is 12.3. The third kappa shape index (κ3) is 3.43. The summed E-state index contributed by atoms with van der Waals surface area (Å²) in [4.78, 5) is 25.7. The van der Waals surface area contributed by atoms with Crippen molar-refractivity contribution in [1.29, 1.82) is 0 Å². The standard InChI is InChI=1S/C13H21F3N2O2/c1-4-9-10(19)18(8-6-7-13(14,15)16)12(3,5-2)11(20)17-9/h9H,4-8H2,1-3H3,(H,17,20). The number of hydrogen-bond donors (Lipinski definition) is 1. The van der Waals surface area contributed by atoms with Gasteiger partial charge in [-0.05, 0) is 26.2 Å². The molecular formula is C13H21F3N2O2. The van der Waals surface area contributed by atoms with Crippen LogP contribution in [0, 0.1) is 0 Å². The molecule has 0 aromatic carbocycles. The first-order chi connectivity index (χ1) is 9.15. The molecule has 2 amide bonds. The Labute approximate surface area is 116 Å². The molecular weight excluding hydrogens is 273 g/mol. The first-order valence-corrected chi connectivity index (χ1v) is 6.85. The zero-order valence-corrected chi connectivity index (χ0v) is 12.0. The summed E-state index contributed by atoms with van der Waals surface area (Å²) in [5.41, 5.74) is -1.06. The number of carbonyl (C=O) groups excluding carboxylic acids is 2. The fourth-order valence-corrected chi connectivity index (χ4v) is 2.35. The molecule has 116 valence electrons. The van der Waals surface area contributed by atoms with E-state index in [1.165, 1.54) is 4.90 Å². The quantitative estimate of drug-likeness (QED) is 0.845. The van der Waals surface area contributed by atoms with Crippen LogP contribution in [0.1, 0.15) is 46.5 Å². The van der Waals surface area contributed by atoms with Gasteiger partial charge in [-0.15, -0.1) is 0 Å². The minimum absolute atomic E-state index is 0.0490. The van der Waals surface area contributed by atoms with E-state index in [4.69, 9.17) is 0 Å². The molecule has 1 aliphatic heterocycles. The van der Waals surface area contributed by atoms with Gasteiger partial charge in [0.2, 0.25) is 11.8 Å². The zero-order chi connectivity index (χ0) is 15.6. The molecule has 0 bridgehead atoms. The summed E-state index contributed by atoms with van der Waals surface area (Å²) >= 11 is 0. The third-order valence-electron chi connectivity index (χ3n) is 3.89. The Morgan fingerprint density at radius 1 is 1.30 bits per heavy atom. The normalized spacial score (nSPS) is 27.7. The van der Waals surface area contributed by atoms with Crippen LogP contribution < -0.4 is 5.32 Å². The Morgan fingerprint density at radius 2 is 1.90 bits per heavy atom. The molecule has 1 rings (SSSR count). The second-order valence-electron chi connectivity index (χ2n) is 5.27. The highest BCUT2D eigenvalue weighted by Crippen LogP contribution is 2.28. The van der Waals surface area contributed by atoms with Crippen molar-refractivity contribution >= 4 is 11.8 Å². The molecule has 0 aromatic rings. The second-order valence-corrected chi connectivity index (χ2v) is 5.27. The average Bonchev–Trinajstić information content (AvgIpc) is 2.36. The van der Waals surface area contributed by atoms with Gasteiger partial charge in [-0.3, -0.25) is 9.59 Å². The number of piperazine rings is 1. The highest BCUT2D eigenvalue weighted by atomic mass is 19.4. The molecule has 0 spiro atoms. The van der Waals surface area contributed by atoms with Gasteiger partial charge in [-0.2, -0.15) is 13.2 Å². The van der Waals surface area contributed by atoms with Crippen molar-refractivity contribution in [3.05, 3.63) is 0 Å². The highest BCUT2D eigenvalue weighted by molar-refractivity contribution is 5.99. The Balaban J connectivity index is 2.84. The van der Waals surface area contributed by atoms with E-state index in [0.717, 1.165) is 0 Å². The van der Waals surface area contributed by atoms with Gasteiger partial charge in [0, 0.05) is 13.0 Å². The number of rotatable bonds is 5. The monoisotopic (exact) mass is 294 g/mol. The van der Waals surface area contributed by atoms with Gasteiger partial charge in [-0.1, -0.05) is 13.8 Å². The van der Waals surface area contributed by atoms with E-state index in [1.54, 1.807) is 20.8 Å². The van der Waals surface area contributed by atoms with Gasteiger partial charge in [0.05, 0.1) is 0 Å². The molecule has 0 aromatic heterocycles. The summed E-state index contributed by atoms with van der Waals surface area (Å²) in [5.74, 6) is -0.586. The highest BCUT2D eigenvalue weighted by Gasteiger charge is 2.47. The van der Waals surface area contributed by atoms with Crippen molar-refractivity contribution in [3.8, 4) is 0 Å². The van der Waals surface area contributed by atoms with Gasteiger partial charge in [0.1, 0.15) is 11.6 Å². The number of nitrogens with one attached hydrogen (secondary N) is 1. The first-order valence-electron chi connectivity index (χ1n) is 6.85. The molecule has 1 fully saturated rings. The average molecular weight is 294 g/mol. The number of hydrogen-bond acceptors (Lipinski definition) is 2. The fraction of sp³-hybridized carbons (Fsp3) is 0.846. The predicted octanol–water partition coefficient (Wildman–Crippen LogP) is 2.23. The van der Waals surface area contributed by atoms with Gasteiger partial charge in [-0.25, -0.2) is 0 Å². The number of halogens is 3. The van der Waals surface area contributed by atoms with Crippen LogP contribution in [0.4, 0.5) is 13.2 Å². The summed E-state index contributed by atoms with van der Waals surface area (Å²) in [7, 11) is 0. The van der Waals surface area contributed by atoms with Crippen LogP contribution in [0.2, 0.25) is 0 Å². The van der Waals surface area contributed by atoms with Crippen molar-refractivity contribution < 1.29 is 22.8 Å². The van der Waals surface area contributed by atoms with E-state index in [2.05, 4.69) is 5.32 Å². The molecule has 20 heavy (non-hydrogen) atoms. The van der Waals surface area contributed by atoms with E-state index in [1.807, 2.05) is 0 Å². The van der Waals surface area contributed by atoms with Crippen molar-refractivity contribution in [2.75, 3.05) is 6.54 Å². The lowest BCUT2D eigenvalue weighted by Gasteiger charge is -2.46. The molecule has 1 N–H and O–H groups in total. The molecule has 1 aliphatic rings. The summed E-state index contributed by atoms with van der Waals surface area (Å²) in [5, 5.41) is 2.64. The smallest absolute Gasteiger partial charge is 0.342 e. The zero-order valence-electron chi connectivity index (χ0n) is 12.0. The minimum Gasteiger partial charge on any atom is -0.342 e. The van der Waals surface area contributed by atoms with E-state index >= 15 is 0 Å². The van der Waals surface area contributed by atoms with E-state index in [-0.39, 0.29) is 24.8 Å². The Kier molecular flexibility index (Phi) is 5.05. The largest absolute Gasteiger partial charge is 0.389 e. The maximum absolute atomic E-state index is 12.3. The molecule has 0 radical (unpaired) electrons. The molecule has 0 aliphatic carbocycles. The van der Waals surface area contributed by atoms with Crippen molar-refractivity contribution in [3.63, 3.8) is 0 Å². The number of amides is 2. The molecule has 1 heterocycles. The van der Waals surface area contributed by atoms with Crippen molar-refractivity contribution in [2.45, 2.75) is 64.2 Å². The number of carbonyl (C=O) groups is 2. The van der Waals surface area contributed by atoms with Crippen LogP contribution in [-0.4, -0.2) is 41.0 Å². The Hall–Kier alpha value is -1.27. The second kappa shape index (κ2) is 6.01. The molecule has 7 heteroatoms. The van der Waals surface area contributed by atoms with Crippen molar-refractivity contribution in [1.82, 2.24) is 10.2 Å². The van der Waals surface area contributed by atoms with Crippen LogP contribution in [0.15, 0.2) is 0 Å². The van der Waals surface area contributed by atoms with E-state index in [0.29, 0.717) is 12.8 Å². The lowest BCUT2D eigenvalue weighted by molar-refractivity contribution is -0.159. The summed E-state index contributed by atoms with van der Waals surface area (Å²) in [6.45, 7) is 5.05. The van der Waals surface area contributed by atoms with Gasteiger partial charge in [0.15, 0.2) is 0 Å².